The maximum Gasteiger partial charge on any atom is 0.318 e. The third kappa shape index (κ3) is 4.24. The van der Waals surface area contributed by atoms with Gasteiger partial charge >= 0.3 is 6.03 Å². The number of carbonyl (C=O) groups excluding carboxylic acids is 1. The Bertz CT molecular complexity index is 546. The molecule has 1 fully saturated rings. The van der Waals surface area contributed by atoms with Crippen molar-refractivity contribution in [2.24, 2.45) is 7.05 Å². The molecule has 136 valence electrons. The quantitative estimate of drug-likeness (QED) is 0.838. The Morgan fingerprint density at radius 1 is 1.50 bits per heavy atom. The van der Waals surface area contributed by atoms with E-state index in [1.54, 1.807) is 13.4 Å². The van der Waals surface area contributed by atoms with E-state index >= 15 is 0 Å². The number of urea groups is 1. The van der Waals surface area contributed by atoms with Gasteiger partial charge in [0.25, 0.3) is 0 Å². The van der Waals surface area contributed by atoms with Gasteiger partial charge in [-0.2, -0.15) is 0 Å². The summed E-state index contributed by atoms with van der Waals surface area (Å²) < 4.78 is 7.33. The van der Waals surface area contributed by atoms with E-state index < -0.39 is 0 Å². The van der Waals surface area contributed by atoms with E-state index in [4.69, 9.17) is 4.74 Å². The molecule has 2 rings (SSSR count). The van der Waals surface area contributed by atoms with Gasteiger partial charge < -0.3 is 24.4 Å². The first-order valence-electron chi connectivity index (χ1n) is 8.47. The number of rotatable bonds is 6. The van der Waals surface area contributed by atoms with Crippen molar-refractivity contribution < 1.29 is 9.53 Å². The Hall–Kier alpha value is -1.67. The molecule has 1 aliphatic rings. The number of carbonyl (C=O) groups is 1. The van der Waals surface area contributed by atoms with Gasteiger partial charge in [-0.05, 0) is 27.8 Å². The summed E-state index contributed by atoms with van der Waals surface area (Å²) in [5.41, 5.74) is 0. The van der Waals surface area contributed by atoms with Crippen LogP contribution in [-0.4, -0.2) is 76.0 Å². The van der Waals surface area contributed by atoms with Gasteiger partial charge in [0.1, 0.15) is 6.33 Å². The molecule has 8 nitrogen and oxygen atoms in total. The number of amides is 2. The minimum absolute atomic E-state index is 0.0195. The molecule has 0 radical (unpaired) electrons. The lowest BCUT2D eigenvalue weighted by Gasteiger charge is -2.29. The fourth-order valence-corrected chi connectivity index (χ4v) is 3.01. The highest BCUT2D eigenvalue weighted by molar-refractivity contribution is 5.75. The number of aromatic nitrogens is 3. The number of likely N-dealkylation sites (N-methyl/N-ethyl adjacent to an activating group) is 1. The first-order chi connectivity index (χ1) is 11.3. The Labute approximate surface area is 144 Å². The molecule has 1 aromatic rings. The Morgan fingerprint density at radius 2 is 2.21 bits per heavy atom. The molecular formula is C16H30N6O2. The highest BCUT2D eigenvalue weighted by atomic mass is 16.5. The fourth-order valence-electron chi connectivity index (χ4n) is 3.01. The fraction of sp³-hybridized carbons (Fsp3) is 0.812. The van der Waals surface area contributed by atoms with E-state index in [0.29, 0.717) is 12.6 Å². The SMILES string of the molecule is CO[C@@H]1C[C@@H](c2nncn2C)N(C(=O)N[C@H](C)CN(C)C(C)C)C1. The second-order valence-electron chi connectivity index (χ2n) is 6.95. The summed E-state index contributed by atoms with van der Waals surface area (Å²) in [5, 5.41) is 11.2. The van der Waals surface area contributed by atoms with Crippen molar-refractivity contribution >= 4 is 6.03 Å². The molecule has 0 spiro atoms. The predicted octanol–water partition coefficient (Wildman–Crippen LogP) is 1.02. The second kappa shape index (κ2) is 7.94. The number of ether oxygens (including phenoxy) is 1. The lowest BCUT2D eigenvalue weighted by molar-refractivity contribution is 0.110. The van der Waals surface area contributed by atoms with Crippen LogP contribution in [0.5, 0.6) is 0 Å². The summed E-state index contributed by atoms with van der Waals surface area (Å²) >= 11 is 0. The number of likely N-dealkylation sites (tertiary alicyclic amines) is 1. The molecule has 2 amide bonds. The van der Waals surface area contributed by atoms with Crippen LogP contribution in [0.2, 0.25) is 0 Å². The molecule has 24 heavy (non-hydrogen) atoms. The summed E-state index contributed by atoms with van der Waals surface area (Å²) in [5.74, 6) is 0.789. The van der Waals surface area contributed by atoms with Gasteiger partial charge in [0.2, 0.25) is 0 Å². The second-order valence-corrected chi connectivity index (χ2v) is 6.95. The summed E-state index contributed by atoms with van der Waals surface area (Å²) in [4.78, 5) is 16.8. The number of hydrogen-bond acceptors (Lipinski definition) is 5. The number of aryl methyl sites for hydroxylation is 1. The van der Waals surface area contributed by atoms with Crippen LogP contribution >= 0.6 is 0 Å². The van der Waals surface area contributed by atoms with Crippen LogP contribution in [0, 0.1) is 0 Å². The largest absolute Gasteiger partial charge is 0.380 e. The van der Waals surface area contributed by atoms with Crippen molar-refractivity contribution in [1.29, 1.82) is 0 Å². The summed E-state index contributed by atoms with van der Waals surface area (Å²) in [7, 11) is 5.64. The minimum Gasteiger partial charge on any atom is -0.380 e. The zero-order valence-corrected chi connectivity index (χ0v) is 15.6. The van der Waals surface area contributed by atoms with Crippen molar-refractivity contribution in [3.05, 3.63) is 12.2 Å². The normalized spacial score (nSPS) is 22.4. The molecule has 0 aliphatic carbocycles. The van der Waals surface area contributed by atoms with Crippen molar-refractivity contribution in [2.75, 3.05) is 27.2 Å². The van der Waals surface area contributed by atoms with E-state index in [0.717, 1.165) is 18.8 Å². The Morgan fingerprint density at radius 3 is 2.75 bits per heavy atom. The number of nitrogens with one attached hydrogen (secondary N) is 1. The number of hydrogen-bond donors (Lipinski definition) is 1. The number of methoxy groups -OCH3 is 1. The van der Waals surface area contributed by atoms with Crippen LogP contribution in [0.15, 0.2) is 6.33 Å². The molecule has 0 bridgehead atoms. The third-order valence-electron chi connectivity index (χ3n) is 4.71. The Balaban J connectivity index is 2.04. The van der Waals surface area contributed by atoms with Crippen LogP contribution < -0.4 is 5.32 Å². The van der Waals surface area contributed by atoms with E-state index in [1.165, 1.54) is 0 Å². The van der Waals surface area contributed by atoms with Gasteiger partial charge in [-0.1, -0.05) is 0 Å². The lowest BCUT2D eigenvalue weighted by Crippen LogP contribution is -2.48. The standard InChI is InChI=1S/C16H30N6O2/c1-11(2)20(4)8-12(3)18-16(23)22-9-13(24-6)7-14(22)15-19-17-10-21(15)5/h10-14H,7-9H2,1-6H3,(H,18,23)/t12-,13-,14+/m1/s1. The van der Waals surface area contributed by atoms with Crippen molar-refractivity contribution in [1.82, 2.24) is 29.9 Å². The molecule has 1 N–H and O–H groups in total. The molecule has 8 heteroatoms. The first kappa shape index (κ1) is 18.7. The molecule has 1 saturated heterocycles. The van der Waals surface area contributed by atoms with Crippen LogP contribution in [-0.2, 0) is 11.8 Å². The summed E-state index contributed by atoms with van der Waals surface area (Å²) in [6, 6.07) is 0.316. The summed E-state index contributed by atoms with van der Waals surface area (Å²) in [6.07, 6.45) is 2.41. The summed E-state index contributed by atoms with van der Waals surface area (Å²) in [6.45, 7) is 7.68. The van der Waals surface area contributed by atoms with Gasteiger partial charge in [0, 0.05) is 45.8 Å². The van der Waals surface area contributed by atoms with Gasteiger partial charge in [0.15, 0.2) is 5.82 Å². The van der Waals surface area contributed by atoms with Gasteiger partial charge in [0.05, 0.1) is 12.1 Å². The van der Waals surface area contributed by atoms with Crippen molar-refractivity contribution in [3.63, 3.8) is 0 Å². The average Bonchev–Trinajstić information content (AvgIpc) is 3.12. The number of nitrogens with zero attached hydrogens (tertiary/aromatic N) is 5. The smallest absolute Gasteiger partial charge is 0.318 e. The molecule has 0 aromatic carbocycles. The minimum atomic E-state index is -0.113. The molecule has 0 saturated carbocycles. The van der Waals surface area contributed by atoms with E-state index in [2.05, 4.69) is 41.3 Å². The first-order valence-corrected chi connectivity index (χ1v) is 8.47. The van der Waals surface area contributed by atoms with Crippen LogP contribution in [0.4, 0.5) is 4.79 Å². The average molecular weight is 338 g/mol. The van der Waals surface area contributed by atoms with Crippen LogP contribution in [0.1, 0.15) is 39.1 Å². The van der Waals surface area contributed by atoms with Gasteiger partial charge in [-0.25, -0.2) is 4.79 Å². The maximum absolute atomic E-state index is 12.8. The molecule has 2 heterocycles. The maximum atomic E-state index is 12.8. The van der Waals surface area contributed by atoms with Crippen LogP contribution in [0.3, 0.4) is 0 Å². The van der Waals surface area contributed by atoms with E-state index in [1.807, 2.05) is 23.4 Å². The van der Waals surface area contributed by atoms with Gasteiger partial charge in [-0.15, -0.1) is 10.2 Å². The Kier molecular flexibility index (Phi) is 6.17. The highest BCUT2D eigenvalue weighted by Gasteiger charge is 2.39. The third-order valence-corrected chi connectivity index (χ3v) is 4.71. The molecule has 1 aliphatic heterocycles. The molecular weight excluding hydrogens is 308 g/mol. The van der Waals surface area contributed by atoms with E-state index in [9.17, 15) is 4.79 Å². The zero-order valence-electron chi connectivity index (χ0n) is 15.6. The highest BCUT2D eigenvalue weighted by Crippen LogP contribution is 2.31. The van der Waals surface area contributed by atoms with Crippen molar-refractivity contribution in [3.8, 4) is 0 Å². The molecule has 1 aromatic heterocycles. The lowest BCUT2D eigenvalue weighted by atomic mass is 10.2. The molecule has 3 atom stereocenters. The van der Waals surface area contributed by atoms with Gasteiger partial charge in [-0.3, -0.25) is 0 Å². The monoisotopic (exact) mass is 338 g/mol. The molecule has 0 unspecified atom stereocenters. The van der Waals surface area contributed by atoms with Crippen LogP contribution in [0.25, 0.3) is 0 Å². The zero-order chi connectivity index (χ0) is 17.9. The van der Waals surface area contributed by atoms with Crippen molar-refractivity contribution in [2.45, 2.75) is 51.4 Å². The van der Waals surface area contributed by atoms with E-state index in [-0.39, 0.29) is 24.2 Å². The topological polar surface area (TPSA) is 75.5 Å². The predicted molar refractivity (Wildman–Crippen MR) is 91.6 cm³/mol.